The lowest BCUT2D eigenvalue weighted by Gasteiger charge is -2.23. The van der Waals surface area contributed by atoms with Crippen molar-refractivity contribution in [1.82, 2.24) is 15.6 Å². The van der Waals surface area contributed by atoms with Gasteiger partial charge in [-0.2, -0.15) is 0 Å². The van der Waals surface area contributed by atoms with E-state index in [4.69, 9.17) is 9.15 Å². The zero-order chi connectivity index (χ0) is 18.6. The molecule has 136 valence electrons. The Morgan fingerprint density at radius 1 is 1.08 bits per heavy atom. The van der Waals surface area contributed by atoms with E-state index >= 15 is 0 Å². The molecule has 1 aromatic carbocycles. The number of nitrogens with zero attached hydrogens (tertiary/aromatic N) is 1. The predicted octanol–water partition coefficient (Wildman–Crippen LogP) is 3.16. The number of ether oxygens (including phenoxy) is 1. The molecular formula is C18H25N3O4. The number of hydrogen-bond acceptors (Lipinski definition) is 5. The van der Waals surface area contributed by atoms with Crippen LogP contribution < -0.4 is 10.6 Å². The molecule has 0 aliphatic rings. The fourth-order valence-electron chi connectivity index (χ4n) is 2.35. The standard InChI is InChI=1S/C18H25N3O4/c1-10(2)15(21-18(23)24-11(3)4)16(22)19-12(5)17-20-13-8-6-7-9-14(13)25-17/h6-12,15H,1-5H3,(H,19,22)(H,21,23)/t12?,15-/m0/s1. The number of nitrogens with one attached hydrogen (secondary N) is 2. The Labute approximate surface area is 147 Å². The van der Waals surface area contributed by atoms with Crippen molar-refractivity contribution in [3.8, 4) is 0 Å². The van der Waals surface area contributed by atoms with Gasteiger partial charge in [0.05, 0.1) is 6.10 Å². The van der Waals surface area contributed by atoms with Crippen LogP contribution in [0.3, 0.4) is 0 Å². The fraction of sp³-hybridized carbons (Fsp3) is 0.500. The number of carbonyl (C=O) groups is 2. The van der Waals surface area contributed by atoms with E-state index in [1.807, 2.05) is 38.1 Å². The molecule has 0 saturated heterocycles. The highest BCUT2D eigenvalue weighted by Crippen LogP contribution is 2.20. The quantitative estimate of drug-likeness (QED) is 0.837. The Morgan fingerprint density at radius 3 is 2.36 bits per heavy atom. The molecule has 0 spiro atoms. The van der Waals surface area contributed by atoms with E-state index in [9.17, 15) is 9.59 Å². The third kappa shape index (κ3) is 4.95. The summed E-state index contributed by atoms with van der Waals surface area (Å²) in [5.41, 5.74) is 1.40. The van der Waals surface area contributed by atoms with E-state index in [0.717, 1.165) is 5.52 Å². The normalized spacial score (nSPS) is 13.7. The molecular weight excluding hydrogens is 322 g/mol. The number of fused-ring (bicyclic) bond motifs is 1. The summed E-state index contributed by atoms with van der Waals surface area (Å²) in [5, 5.41) is 5.44. The molecule has 0 fully saturated rings. The van der Waals surface area contributed by atoms with Gasteiger partial charge in [0.15, 0.2) is 5.58 Å². The summed E-state index contributed by atoms with van der Waals surface area (Å²) in [4.78, 5) is 28.7. The first kappa shape index (κ1) is 18.8. The molecule has 2 amide bonds. The number of para-hydroxylation sites is 2. The number of amides is 2. The van der Waals surface area contributed by atoms with Gasteiger partial charge in [-0.15, -0.1) is 0 Å². The maximum Gasteiger partial charge on any atom is 0.408 e. The summed E-state index contributed by atoms with van der Waals surface area (Å²) in [7, 11) is 0. The molecule has 2 N–H and O–H groups in total. The Morgan fingerprint density at radius 2 is 1.76 bits per heavy atom. The Hall–Kier alpha value is -2.57. The lowest BCUT2D eigenvalue weighted by atomic mass is 10.0. The second-order valence-electron chi connectivity index (χ2n) is 6.57. The van der Waals surface area contributed by atoms with Gasteiger partial charge in [0.25, 0.3) is 0 Å². The van der Waals surface area contributed by atoms with Crippen molar-refractivity contribution in [2.24, 2.45) is 5.92 Å². The van der Waals surface area contributed by atoms with Crippen molar-refractivity contribution in [2.45, 2.75) is 52.8 Å². The number of rotatable bonds is 6. The molecule has 2 aromatic rings. The first-order valence-electron chi connectivity index (χ1n) is 8.41. The van der Waals surface area contributed by atoms with Crippen molar-refractivity contribution >= 4 is 23.1 Å². The summed E-state index contributed by atoms with van der Waals surface area (Å²) in [6.07, 6.45) is -0.868. The van der Waals surface area contributed by atoms with Crippen LogP contribution in [0.1, 0.15) is 46.6 Å². The first-order valence-corrected chi connectivity index (χ1v) is 8.41. The van der Waals surface area contributed by atoms with E-state index in [2.05, 4.69) is 15.6 Å². The predicted molar refractivity (Wildman–Crippen MR) is 93.9 cm³/mol. The molecule has 0 aliphatic carbocycles. The maximum absolute atomic E-state index is 12.6. The van der Waals surface area contributed by atoms with Crippen LogP contribution in [-0.4, -0.2) is 29.1 Å². The zero-order valence-corrected chi connectivity index (χ0v) is 15.2. The smallest absolute Gasteiger partial charge is 0.408 e. The van der Waals surface area contributed by atoms with E-state index in [-0.39, 0.29) is 17.9 Å². The highest BCUT2D eigenvalue weighted by atomic mass is 16.6. The van der Waals surface area contributed by atoms with Gasteiger partial charge < -0.3 is 19.8 Å². The summed E-state index contributed by atoms with van der Waals surface area (Å²) < 4.78 is 10.7. The third-order valence-electron chi connectivity index (χ3n) is 3.60. The van der Waals surface area contributed by atoms with Crippen LogP contribution in [0.25, 0.3) is 11.1 Å². The summed E-state index contributed by atoms with van der Waals surface area (Å²) in [6, 6.07) is 6.26. The van der Waals surface area contributed by atoms with E-state index in [1.54, 1.807) is 20.8 Å². The number of aromatic nitrogens is 1. The summed E-state index contributed by atoms with van der Waals surface area (Å²) in [5.74, 6) is 0.00261. The van der Waals surface area contributed by atoms with Crippen molar-refractivity contribution in [3.63, 3.8) is 0 Å². The minimum atomic E-state index is -0.710. The van der Waals surface area contributed by atoms with Crippen molar-refractivity contribution in [2.75, 3.05) is 0 Å². The molecule has 1 unspecified atom stereocenters. The summed E-state index contributed by atoms with van der Waals surface area (Å²) in [6.45, 7) is 8.99. The van der Waals surface area contributed by atoms with Crippen LogP contribution in [0.15, 0.2) is 28.7 Å². The maximum atomic E-state index is 12.6. The second kappa shape index (κ2) is 8.00. The van der Waals surface area contributed by atoms with Gasteiger partial charge in [-0.05, 0) is 38.8 Å². The SMILES string of the molecule is CC(C)OC(=O)N[C@H](C(=O)NC(C)c1nc2ccccc2o1)C(C)C. The molecule has 1 heterocycles. The number of benzene rings is 1. The number of hydrogen-bond donors (Lipinski definition) is 2. The minimum absolute atomic E-state index is 0.101. The van der Waals surface area contributed by atoms with Crippen molar-refractivity contribution in [3.05, 3.63) is 30.2 Å². The van der Waals surface area contributed by atoms with Gasteiger partial charge in [-0.1, -0.05) is 26.0 Å². The van der Waals surface area contributed by atoms with Crippen LogP contribution in [0.2, 0.25) is 0 Å². The number of carbonyl (C=O) groups excluding carboxylic acids is 2. The molecule has 25 heavy (non-hydrogen) atoms. The summed E-state index contributed by atoms with van der Waals surface area (Å²) >= 11 is 0. The van der Waals surface area contributed by atoms with E-state index in [0.29, 0.717) is 11.5 Å². The van der Waals surface area contributed by atoms with Crippen LogP contribution in [0, 0.1) is 5.92 Å². The molecule has 7 heteroatoms. The molecule has 0 bridgehead atoms. The third-order valence-corrected chi connectivity index (χ3v) is 3.60. The van der Waals surface area contributed by atoms with E-state index < -0.39 is 18.2 Å². The highest BCUT2D eigenvalue weighted by Gasteiger charge is 2.27. The van der Waals surface area contributed by atoms with Gasteiger partial charge >= 0.3 is 6.09 Å². The van der Waals surface area contributed by atoms with Gasteiger partial charge in [0.2, 0.25) is 11.8 Å². The largest absolute Gasteiger partial charge is 0.447 e. The van der Waals surface area contributed by atoms with E-state index in [1.165, 1.54) is 0 Å². The first-order chi connectivity index (χ1) is 11.8. The van der Waals surface area contributed by atoms with Gasteiger partial charge in [-0.25, -0.2) is 9.78 Å². The van der Waals surface area contributed by atoms with Crippen molar-refractivity contribution < 1.29 is 18.7 Å². The molecule has 2 atom stereocenters. The fourth-order valence-corrected chi connectivity index (χ4v) is 2.35. The van der Waals surface area contributed by atoms with Crippen LogP contribution in [-0.2, 0) is 9.53 Å². The highest BCUT2D eigenvalue weighted by molar-refractivity contribution is 5.86. The van der Waals surface area contributed by atoms with Gasteiger partial charge in [0, 0.05) is 0 Å². The van der Waals surface area contributed by atoms with Crippen molar-refractivity contribution in [1.29, 1.82) is 0 Å². The Bertz CT molecular complexity index is 706. The van der Waals surface area contributed by atoms with Gasteiger partial charge in [-0.3, -0.25) is 4.79 Å². The molecule has 1 aromatic heterocycles. The minimum Gasteiger partial charge on any atom is -0.447 e. The van der Waals surface area contributed by atoms with Crippen LogP contribution in [0.4, 0.5) is 4.79 Å². The van der Waals surface area contributed by atoms with Crippen LogP contribution in [0.5, 0.6) is 0 Å². The zero-order valence-electron chi connectivity index (χ0n) is 15.2. The molecule has 0 saturated carbocycles. The molecule has 7 nitrogen and oxygen atoms in total. The number of alkyl carbamates (subject to hydrolysis) is 1. The Balaban J connectivity index is 2.05. The number of oxazole rings is 1. The van der Waals surface area contributed by atoms with Crippen LogP contribution >= 0.6 is 0 Å². The average Bonchev–Trinajstić information content (AvgIpc) is 2.95. The molecule has 0 aliphatic heterocycles. The average molecular weight is 347 g/mol. The molecule has 2 rings (SSSR count). The lowest BCUT2D eigenvalue weighted by molar-refractivity contribution is -0.124. The lowest BCUT2D eigenvalue weighted by Crippen LogP contribution is -2.50. The molecule has 0 radical (unpaired) electrons. The van der Waals surface area contributed by atoms with Gasteiger partial charge in [0.1, 0.15) is 17.6 Å². The monoisotopic (exact) mass is 347 g/mol. The second-order valence-corrected chi connectivity index (χ2v) is 6.57. The topological polar surface area (TPSA) is 93.5 Å². The Kier molecular flexibility index (Phi) is 6.01.